The molecule has 0 aromatic carbocycles. The molecule has 1 aliphatic heterocycles. The molecule has 1 amide bonds. The number of amides is 1. The Morgan fingerprint density at radius 3 is 2.94 bits per heavy atom. The number of nitrogens with zero attached hydrogens (tertiary/aromatic N) is 1. The third-order valence-corrected chi connectivity index (χ3v) is 3.63. The molecule has 2 unspecified atom stereocenters. The lowest BCUT2D eigenvalue weighted by atomic mass is 10.0. The van der Waals surface area contributed by atoms with Gasteiger partial charge in [0.2, 0.25) is 5.91 Å². The number of likely N-dealkylation sites (N-methyl/N-ethyl adjacent to an activating group) is 1. The molecule has 0 aliphatic carbocycles. The maximum Gasteiger partial charge on any atom is 0.238 e. The van der Waals surface area contributed by atoms with Gasteiger partial charge < -0.3 is 10.6 Å². The first-order valence-corrected chi connectivity index (χ1v) is 6.88. The first-order valence-electron chi connectivity index (χ1n) is 6.88. The van der Waals surface area contributed by atoms with Crippen molar-refractivity contribution in [3.8, 4) is 0 Å². The molecule has 100 valence electrons. The predicted octanol–water partition coefficient (Wildman–Crippen LogP) is 0.975. The fourth-order valence-electron chi connectivity index (χ4n) is 2.51. The van der Waals surface area contributed by atoms with Crippen molar-refractivity contribution in [3.05, 3.63) is 0 Å². The van der Waals surface area contributed by atoms with E-state index in [0.29, 0.717) is 6.04 Å². The fraction of sp³-hybridized carbons (Fsp3) is 0.923. The molecule has 0 aromatic heterocycles. The third kappa shape index (κ3) is 4.28. The van der Waals surface area contributed by atoms with E-state index in [0.717, 1.165) is 19.6 Å². The van der Waals surface area contributed by atoms with E-state index in [4.69, 9.17) is 0 Å². The van der Waals surface area contributed by atoms with Gasteiger partial charge in [0.1, 0.15) is 6.04 Å². The van der Waals surface area contributed by atoms with Gasteiger partial charge in [-0.3, -0.25) is 9.69 Å². The lowest BCUT2D eigenvalue weighted by Gasteiger charge is -2.39. The van der Waals surface area contributed by atoms with Crippen LogP contribution >= 0.6 is 0 Å². The van der Waals surface area contributed by atoms with Gasteiger partial charge in [0.25, 0.3) is 0 Å². The number of carbonyl (C=O) groups excluding carboxylic acids is 1. The smallest absolute Gasteiger partial charge is 0.238 e. The maximum atomic E-state index is 11.8. The van der Waals surface area contributed by atoms with E-state index in [2.05, 4.69) is 29.4 Å². The number of unbranched alkanes of at least 4 members (excludes halogenated alkanes) is 2. The topological polar surface area (TPSA) is 44.4 Å². The van der Waals surface area contributed by atoms with E-state index in [1.54, 1.807) is 7.05 Å². The number of nitrogens with one attached hydrogen (secondary N) is 2. The van der Waals surface area contributed by atoms with E-state index in [-0.39, 0.29) is 11.9 Å². The van der Waals surface area contributed by atoms with Crippen LogP contribution in [0.25, 0.3) is 0 Å². The highest BCUT2D eigenvalue weighted by atomic mass is 16.2. The molecule has 1 rings (SSSR count). The van der Waals surface area contributed by atoms with E-state index in [9.17, 15) is 4.79 Å². The van der Waals surface area contributed by atoms with Crippen molar-refractivity contribution in [2.24, 2.45) is 0 Å². The first kappa shape index (κ1) is 14.5. The normalized spacial score (nSPS) is 23.4. The molecule has 1 saturated heterocycles. The standard InChI is InChI=1S/C13H27N3O/c1-4-5-6-7-11(2)16-9-8-15-10-12(16)13(17)14-3/h11-12,15H,4-10H2,1-3H3,(H,14,17). The average Bonchev–Trinajstić information content (AvgIpc) is 2.38. The Kier molecular flexibility index (Phi) is 6.52. The Bertz CT molecular complexity index is 233. The second-order valence-corrected chi connectivity index (χ2v) is 4.92. The minimum absolute atomic E-state index is 0.00498. The summed E-state index contributed by atoms with van der Waals surface area (Å²) in [5, 5.41) is 6.07. The molecule has 2 N–H and O–H groups in total. The van der Waals surface area contributed by atoms with Gasteiger partial charge in [-0.15, -0.1) is 0 Å². The van der Waals surface area contributed by atoms with Crippen molar-refractivity contribution in [1.29, 1.82) is 0 Å². The van der Waals surface area contributed by atoms with Crippen LogP contribution in [0.4, 0.5) is 0 Å². The summed E-state index contributed by atoms with van der Waals surface area (Å²) in [6.45, 7) is 7.22. The van der Waals surface area contributed by atoms with Crippen molar-refractivity contribution in [2.75, 3.05) is 26.7 Å². The van der Waals surface area contributed by atoms with Gasteiger partial charge in [-0.2, -0.15) is 0 Å². The Morgan fingerprint density at radius 2 is 2.29 bits per heavy atom. The van der Waals surface area contributed by atoms with Crippen LogP contribution in [-0.2, 0) is 4.79 Å². The van der Waals surface area contributed by atoms with Crippen LogP contribution < -0.4 is 10.6 Å². The van der Waals surface area contributed by atoms with Crippen molar-refractivity contribution in [2.45, 2.75) is 51.6 Å². The molecule has 0 radical (unpaired) electrons. The minimum atomic E-state index is 0.00498. The lowest BCUT2D eigenvalue weighted by Crippen LogP contribution is -2.59. The van der Waals surface area contributed by atoms with Crippen molar-refractivity contribution < 1.29 is 4.79 Å². The Hall–Kier alpha value is -0.610. The van der Waals surface area contributed by atoms with Crippen LogP contribution in [0.15, 0.2) is 0 Å². The third-order valence-electron chi connectivity index (χ3n) is 3.63. The zero-order valence-corrected chi connectivity index (χ0v) is 11.5. The molecule has 0 aromatic rings. The molecule has 17 heavy (non-hydrogen) atoms. The van der Waals surface area contributed by atoms with E-state index in [1.165, 1.54) is 25.7 Å². The van der Waals surface area contributed by atoms with E-state index >= 15 is 0 Å². The zero-order chi connectivity index (χ0) is 12.7. The molecule has 1 fully saturated rings. The monoisotopic (exact) mass is 241 g/mol. The number of hydrogen-bond donors (Lipinski definition) is 2. The molecule has 0 saturated carbocycles. The van der Waals surface area contributed by atoms with Crippen LogP contribution in [0.3, 0.4) is 0 Å². The Balaban J connectivity index is 2.48. The summed E-state index contributed by atoms with van der Waals surface area (Å²) in [4.78, 5) is 14.2. The highest BCUT2D eigenvalue weighted by Crippen LogP contribution is 2.14. The zero-order valence-electron chi connectivity index (χ0n) is 11.5. The van der Waals surface area contributed by atoms with Gasteiger partial charge in [-0.25, -0.2) is 0 Å². The Morgan fingerprint density at radius 1 is 1.53 bits per heavy atom. The average molecular weight is 241 g/mol. The van der Waals surface area contributed by atoms with Crippen LogP contribution in [0.5, 0.6) is 0 Å². The number of piperazine rings is 1. The molecule has 0 spiro atoms. The second-order valence-electron chi connectivity index (χ2n) is 4.92. The molecule has 1 aliphatic rings. The SMILES string of the molecule is CCCCCC(C)N1CCNCC1C(=O)NC. The highest BCUT2D eigenvalue weighted by molar-refractivity contribution is 5.81. The van der Waals surface area contributed by atoms with Gasteiger partial charge in [0, 0.05) is 32.7 Å². The molecular formula is C13H27N3O. The maximum absolute atomic E-state index is 11.8. The molecule has 1 heterocycles. The summed E-state index contributed by atoms with van der Waals surface area (Å²) in [7, 11) is 1.72. The quantitative estimate of drug-likeness (QED) is 0.681. The molecule has 4 nitrogen and oxygen atoms in total. The summed E-state index contributed by atoms with van der Waals surface area (Å²) in [6, 6.07) is 0.510. The van der Waals surface area contributed by atoms with Gasteiger partial charge in [0.15, 0.2) is 0 Å². The summed E-state index contributed by atoms with van der Waals surface area (Å²) in [6.07, 6.45) is 5.01. The largest absolute Gasteiger partial charge is 0.358 e. The Labute approximate surface area is 105 Å². The highest BCUT2D eigenvalue weighted by Gasteiger charge is 2.30. The number of carbonyl (C=O) groups is 1. The summed E-state index contributed by atoms with van der Waals surface area (Å²) < 4.78 is 0. The van der Waals surface area contributed by atoms with Gasteiger partial charge in [-0.05, 0) is 13.3 Å². The van der Waals surface area contributed by atoms with Crippen LogP contribution in [-0.4, -0.2) is 49.6 Å². The van der Waals surface area contributed by atoms with Crippen LogP contribution in [0.1, 0.15) is 39.5 Å². The first-order chi connectivity index (χ1) is 8.20. The van der Waals surface area contributed by atoms with Crippen molar-refractivity contribution in [3.63, 3.8) is 0 Å². The molecule has 4 heteroatoms. The van der Waals surface area contributed by atoms with Gasteiger partial charge in [0.05, 0.1) is 0 Å². The molecule has 0 bridgehead atoms. The minimum Gasteiger partial charge on any atom is -0.358 e. The van der Waals surface area contributed by atoms with E-state index in [1.807, 2.05) is 0 Å². The number of rotatable bonds is 6. The molecule has 2 atom stereocenters. The number of hydrogen-bond acceptors (Lipinski definition) is 3. The van der Waals surface area contributed by atoms with Crippen LogP contribution in [0.2, 0.25) is 0 Å². The van der Waals surface area contributed by atoms with Gasteiger partial charge >= 0.3 is 0 Å². The van der Waals surface area contributed by atoms with Crippen LogP contribution in [0, 0.1) is 0 Å². The summed E-state index contributed by atoms with van der Waals surface area (Å²) >= 11 is 0. The summed E-state index contributed by atoms with van der Waals surface area (Å²) in [5.74, 6) is 0.138. The lowest BCUT2D eigenvalue weighted by molar-refractivity contribution is -0.127. The van der Waals surface area contributed by atoms with Crippen molar-refractivity contribution >= 4 is 5.91 Å². The second kappa shape index (κ2) is 7.67. The van der Waals surface area contributed by atoms with Gasteiger partial charge in [-0.1, -0.05) is 26.2 Å². The van der Waals surface area contributed by atoms with E-state index < -0.39 is 0 Å². The summed E-state index contributed by atoms with van der Waals surface area (Å²) in [5.41, 5.74) is 0. The van der Waals surface area contributed by atoms with Crippen molar-refractivity contribution in [1.82, 2.24) is 15.5 Å². The fourth-order valence-corrected chi connectivity index (χ4v) is 2.51. The molecular weight excluding hydrogens is 214 g/mol. The predicted molar refractivity (Wildman–Crippen MR) is 71.0 cm³/mol.